The molecule has 0 aromatic rings. The minimum absolute atomic E-state index is 0.133. The third-order valence-corrected chi connectivity index (χ3v) is 0.835. The molecule has 0 rings (SSSR count). The Kier molecular flexibility index (Phi) is 4.47. The van der Waals surface area contributed by atoms with Crippen molar-refractivity contribution < 1.29 is 19.5 Å². The van der Waals surface area contributed by atoms with Crippen molar-refractivity contribution in [2.75, 3.05) is 6.61 Å². The lowest BCUT2D eigenvalue weighted by atomic mass is 10.6. The molecule has 0 spiro atoms. The monoisotopic (exact) mass is 174 g/mol. The number of nitrogens with zero attached hydrogens (tertiary/aromatic N) is 1. The van der Waals surface area contributed by atoms with Gasteiger partial charge in [-0.05, 0) is 6.92 Å². The predicted octanol–water partition coefficient (Wildman–Crippen LogP) is -0.167. The first-order chi connectivity index (χ1) is 5.57. The molecule has 0 aromatic heterocycles. The molecule has 0 saturated heterocycles. The van der Waals surface area contributed by atoms with Crippen LogP contribution in [0.3, 0.4) is 0 Å². The molecule has 0 atom stereocenters. The van der Waals surface area contributed by atoms with Crippen molar-refractivity contribution >= 4 is 12.0 Å². The van der Waals surface area contributed by atoms with Crippen LogP contribution in [-0.2, 0) is 9.53 Å². The number of amides is 2. The molecule has 0 radical (unpaired) electrons. The molecule has 68 valence electrons. The van der Waals surface area contributed by atoms with E-state index in [-0.39, 0.29) is 11.7 Å². The van der Waals surface area contributed by atoms with Crippen LogP contribution in [0.25, 0.3) is 0 Å². The number of rotatable bonds is 3. The van der Waals surface area contributed by atoms with E-state index >= 15 is 0 Å². The molecule has 0 aliphatic rings. The summed E-state index contributed by atoms with van der Waals surface area (Å²) in [7, 11) is 0. The normalized spacial score (nSPS) is 9.83. The van der Waals surface area contributed by atoms with Crippen LogP contribution in [0.5, 0.6) is 0 Å². The van der Waals surface area contributed by atoms with E-state index in [9.17, 15) is 9.59 Å². The topological polar surface area (TPSA) is 92.9 Å². The molecule has 0 unspecified atom stereocenters. The zero-order valence-electron chi connectivity index (χ0n) is 6.56. The van der Waals surface area contributed by atoms with Gasteiger partial charge >= 0.3 is 6.09 Å². The van der Waals surface area contributed by atoms with Crippen LogP contribution in [-0.4, -0.2) is 28.9 Å². The minimum Gasteiger partial charge on any atom is -0.448 e. The second kappa shape index (κ2) is 5.14. The van der Waals surface area contributed by atoms with Crippen molar-refractivity contribution in [1.82, 2.24) is 5.06 Å². The van der Waals surface area contributed by atoms with Crippen molar-refractivity contribution in [3.05, 3.63) is 12.3 Å². The number of hydroxylamine groups is 2. The van der Waals surface area contributed by atoms with Gasteiger partial charge in [0.05, 0.1) is 6.61 Å². The highest BCUT2D eigenvalue weighted by molar-refractivity contribution is 5.86. The maximum atomic E-state index is 10.6. The summed E-state index contributed by atoms with van der Waals surface area (Å²) in [6.45, 7) is 1.73. The average molecular weight is 174 g/mol. The maximum absolute atomic E-state index is 10.6. The Morgan fingerprint density at radius 3 is 2.67 bits per heavy atom. The smallest absolute Gasteiger partial charge is 0.438 e. The summed E-state index contributed by atoms with van der Waals surface area (Å²) in [5.74, 6) is -0.765. The molecule has 6 nitrogen and oxygen atoms in total. The van der Waals surface area contributed by atoms with Crippen LogP contribution in [0.2, 0.25) is 0 Å². The Hall–Kier alpha value is -1.56. The van der Waals surface area contributed by atoms with Crippen molar-refractivity contribution in [1.29, 1.82) is 0 Å². The lowest BCUT2D eigenvalue weighted by molar-refractivity contribution is -0.113. The van der Waals surface area contributed by atoms with Gasteiger partial charge in [-0.15, -0.1) is 0 Å². The SMILES string of the molecule is CCOC(=O)N(O)C=CC(N)=O. The van der Waals surface area contributed by atoms with E-state index in [2.05, 4.69) is 4.74 Å². The van der Waals surface area contributed by atoms with Crippen LogP contribution in [0.15, 0.2) is 12.3 Å². The van der Waals surface area contributed by atoms with Gasteiger partial charge in [-0.2, -0.15) is 5.06 Å². The molecule has 2 amide bonds. The van der Waals surface area contributed by atoms with Crippen LogP contribution in [0.4, 0.5) is 4.79 Å². The number of primary amides is 1. The summed E-state index contributed by atoms with van der Waals surface area (Å²) < 4.78 is 4.37. The molecule has 0 aliphatic carbocycles. The summed E-state index contributed by atoms with van der Waals surface area (Å²) >= 11 is 0. The first-order valence-corrected chi connectivity index (χ1v) is 3.20. The van der Waals surface area contributed by atoms with Gasteiger partial charge in [0.1, 0.15) is 0 Å². The standard InChI is InChI=1S/C6H10N2O4/c1-2-12-6(10)8(11)4-3-5(7)9/h3-4,11H,2H2,1H3,(H2,7,9). The first-order valence-electron chi connectivity index (χ1n) is 3.20. The van der Waals surface area contributed by atoms with Crippen LogP contribution < -0.4 is 5.73 Å². The lowest BCUT2D eigenvalue weighted by Gasteiger charge is -2.07. The Morgan fingerprint density at radius 2 is 2.25 bits per heavy atom. The summed E-state index contributed by atoms with van der Waals surface area (Å²) in [5, 5.41) is 8.90. The Labute approximate surface area is 69.2 Å². The third kappa shape index (κ3) is 4.29. The molecule has 6 heteroatoms. The Balaban J connectivity index is 3.94. The molecule has 0 bridgehead atoms. The fraction of sp³-hybridized carbons (Fsp3) is 0.333. The second-order valence-corrected chi connectivity index (χ2v) is 1.76. The molecule has 0 fully saturated rings. The van der Waals surface area contributed by atoms with Gasteiger partial charge in [0.15, 0.2) is 0 Å². The highest BCUT2D eigenvalue weighted by Crippen LogP contribution is 1.89. The molecule has 0 heterocycles. The minimum atomic E-state index is -0.963. The first kappa shape index (κ1) is 10.4. The number of ether oxygens (including phenoxy) is 1. The molecule has 12 heavy (non-hydrogen) atoms. The zero-order valence-corrected chi connectivity index (χ0v) is 6.56. The lowest BCUT2D eigenvalue weighted by Crippen LogP contribution is -2.23. The number of carbonyl (C=O) groups is 2. The van der Waals surface area contributed by atoms with E-state index in [1.165, 1.54) is 0 Å². The van der Waals surface area contributed by atoms with Gasteiger partial charge < -0.3 is 10.5 Å². The average Bonchev–Trinajstić information content (AvgIpc) is 2.00. The molecule has 0 aromatic carbocycles. The van der Waals surface area contributed by atoms with Crippen LogP contribution in [0, 0.1) is 0 Å². The summed E-state index contributed by atoms with van der Waals surface area (Å²) in [6, 6.07) is 0. The highest BCUT2D eigenvalue weighted by atomic mass is 16.6. The summed E-state index contributed by atoms with van der Waals surface area (Å²) in [4.78, 5) is 20.7. The van der Waals surface area contributed by atoms with E-state index in [0.29, 0.717) is 0 Å². The summed E-state index contributed by atoms with van der Waals surface area (Å²) in [5.41, 5.74) is 4.70. The largest absolute Gasteiger partial charge is 0.448 e. The fourth-order valence-electron chi connectivity index (χ4n) is 0.395. The van der Waals surface area contributed by atoms with Gasteiger partial charge in [-0.3, -0.25) is 10.0 Å². The van der Waals surface area contributed by atoms with E-state index in [1.54, 1.807) is 6.92 Å². The number of hydrogen-bond donors (Lipinski definition) is 2. The Bertz CT molecular complexity index is 202. The number of hydrogen-bond acceptors (Lipinski definition) is 4. The van der Waals surface area contributed by atoms with Crippen molar-refractivity contribution in [2.45, 2.75) is 6.92 Å². The van der Waals surface area contributed by atoms with E-state index in [4.69, 9.17) is 10.9 Å². The molecule has 0 aliphatic heterocycles. The predicted molar refractivity (Wildman–Crippen MR) is 39.0 cm³/mol. The molecular weight excluding hydrogens is 164 g/mol. The number of carbonyl (C=O) groups excluding carboxylic acids is 2. The van der Waals surface area contributed by atoms with Crippen molar-refractivity contribution in [2.24, 2.45) is 5.73 Å². The molecule has 3 N–H and O–H groups in total. The molecule has 0 saturated carbocycles. The Morgan fingerprint density at radius 1 is 1.67 bits per heavy atom. The number of nitrogens with two attached hydrogens (primary N) is 1. The van der Waals surface area contributed by atoms with Crippen LogP contribution >= 0.6 is 0 Å². The molecular formula is C6H10N2O4. The van der Waals surface area contributed by atoms with E-state index in [0.717, 1.165) is 12.3 Å². The second-order valence-electron chi connectivity index (χ2n) is 1.76. The third-order valence-electron chi connectivity index (χ3n) is 0.835. The van der Waals surface area contributed by atoms with Gasteiger partial charge in [0.2, 0.25) is 5.91 Å². The van der Waals surface area contributed by atoms with Crippen molar-refractivity contribution in [3.63, 3.8) is 0 Å². The highest BCUT2D eigenvalue weighted by Gasteiger charge is 2.06. The zero-order chi connectivity index (χ0) is 9.56. The quantitative estimate of drug-likeness (QED) is 0.353. The van der Waals surface area contributed by atoms with Gasteiger partial charge in [-0.25, -0.2) is 4.79 Å². The fourth-order valence-corrected chi connectivity index (χ4v) is 0.395. The van der Waals surface area contributed by atoms with Gasteiger partial charge in [0.25, 0.3) is 0 Å². The van der Waals surface area contributed by atoms with E-state index in [1.807, 2.05) is 0 Å². The maximum Gasteiger partial charge on any atom is 0.438 e. The van der Waals surface area contributed by atoms with Crippen molar-refractivity contribution in [3.8, 4) is 0 Å². The van der Waals surface area contributed by atoms with Gasteiger partial charge in [0, 0.05) is 12.3 Å². The van der Waals surface area contributed by atoms with Gasteiger partial charge in [-0.1, -0.05) is 0 Å². The van der Waals surface area contributed by atoms with E-state index < -0.39 is 12.0 Å². The summed E-state index contributed by atoms with van der Waals surface area (Å²) in [6.07, 6.45) is 0.673. The van der Waals surface area contributed by atoms with Crippen LogP contribution in [0.1, 0.15) is 6.92 Å².